The summed E-state index contributed by atoms with van der Waals surface area (Å²) < 4.78 is 1.83. The molecule has 3 rings (SSSR count). The van der Waals surface area contributed by atoms with E-state index in [0.717, 1.165) is 47.6 Å². The van der Waals surface area contributed by atoms with Crippen LogP contribution in [0.25, 0.3) is 10.9 Å². The Bertz CT molecular complexity index is 1020. The van der Waals surface area contributed by atoms with Crippen molar-refractivity contribution in [2.45, 2.75) is 46.3 Å². The predicted octanol–water partition coefficient (Wildman–Crippen LogP) is 3.72. The summed E-state index contributed by atoms with van der Waals surface area (Å²) in [6.07, 6.45) is 7.33. The SMILES string of the molecule is CCCNC(C)/C=C(\C)N(C)Cc1nc(N(C)Cc2cnn(C)c2)c2ccccc2n1. The first-order valence-electron chi connectivity index (χ1n) is 10.9. The molecule has 1 N–H and O–H groups in total. The molecule has 7 nitrogen and oxygen atoms in total. The van der Waals surface area contributed by atoms with Crippen molar-refractivity contribution >= 4 is 16.7 Å². The molecule has 2 aromatic heterocycles. The Morgan fingerprint density at radius 3 is 2.68 bits per heavy atom. The fraction of sp³-hybridized carbons (Fsp3) is 0.458. The fourth-order valence-corrected chi connectivity index (χ4v) is 3.63. The highest BCUT2D eigenvalue weighted by Crippen LogP contribution is 2.25. The molecule has 1 unspecified atom stereocenters. The molecule has 31 heavy (non-hydrogen) atoms. The number of hydrogen-bond acceptors (Lipinski definition) is 6. The van der Waals surface area contributed by atoms with E-state index in [1.54, 1.807) is 0 Å². The topological polar surface area (TPSA) is 62.1 Å². The zero-order valence-corrected chi connectivity index (χ0v) is 19.6. The quantitative estimate of drug-likeness (QED) is 0.538. The molecule has 1 aromatic carbocycles. The monoisotopic (exact) mass is 421 g/mol. The summed E-state index contributed by atoms with van der Waals surface area (Å²) in [5.41, 5.74) is 3.32. The largest absolute Gasteiger partial charge is 0.371 e. The second-order valence-corrected chi connectivity index (χ2v) is 8.27. The third-order valence-corrected chi connectivity index (χ3v) is 5.36. The van der Waals surface area contributed by atoms with Crippen molar-refractivity contribution in [3.8, 4) is 0 Å². The molecule has 0 aliphatic carbocycles. The molecule has 2 heterocycles. The number of para-hydroxylation sites is 1. The van der Waals surface area contributed by atoms with Crippen molar-refractivity contribution < 1.29 is 0 Å². The molecule has 1 atom stereocenters. The van der Waals surface area contributed by atoms with Gasteiger partial charge in [0.15, 0.2) is 5.82 Å². The van der Waals surface area contributed by atoms with Gasteiger partial charge in [0, 0.05) is 56.6 Å². The van der Waals surface area contributed by atoms with Gasteiger partial charge in [0.05, 0.1) is 18.3 Å². The van der Waals surface area contributed by atoms with Crippen molar-refractivity contribution in [1.29, 1.82) is 0 Å². The molecule has 166 valence electrons. The van der Waals surface area contributed by atoms with E-state index in [-0.39, 0.29) is 0 Å². The molecule has 0 saturated carbocycles. The summed E-state index contributed by atoms with van der Waals surface area (Å²) in [5.74, 6) is 1.76. The minimum absolute atomic E-state index is 0.334. The number of fused-ring (bicyclic) bond motifs is 1. The Morgan fingerprint density at radius 1 is 1.19 bits per heavy atom. The number of rotatable bonds is 10. The number of anilines is 1. The van der Waals surface area contributed by atoms with E-state index in [2.05, 4.69) is 73.3 Å². The molecule has 7 heteroatoms. The molecule has 0 bridgehead atoms. The average Bonchev–Trinajstić information content (AvgIpc) is 3.15. The van der Waals surface area contributed by atoms with Gasteiger partial charge in [-0.1, -0.05) is 19.1 Å². The normalized spacial score (nSPS) is 12.9. The van der Waals surface area contributed by atoms with Crippen molar-refractivity contribution in [1.82, 2.24) is 30.0 Å². The van der Waals surface area contributed by atoms with Gasteiger partial charge < -0.3 is 15.1 Å². The molecule has 0 radical (unpaired) electrons. The first kappa shape index (κ1) is 22.7. The first-order valence-corrected chi connectivity index (χ1v) is 10.9. The fourth-order valence-electron chi connectivity index (χ4n) is 3.63. The maximum atomic E-state index is 4.96. The van der Waals surface area contributed by atoms with E-state index in [0.29, 0.717) is 12.6 Å². The lowest BCUT2D eigenvalue weighted by atomic mass is 10.2. The van der Waals surface area contributed by atoms with E-state index < -0.39 is 0 Å². The lowest BCUT2D eigenvalue weighted by Gasteiger charge is -2.23. The minimum atomic E-state index is 0.334. The second-order valence-electron chi connectivity index (χ2n) is 8.27. The molecular weight excluding hydrogens is 386 g/mol. The predicted molar refractivity (Wildman–Crippen MR) is 128 cm³/mol. The minimum Gasteiger partial charge on any atom is -0.371 e. The van der Waals surface area contributed by atoms with Crippen LogP contribution in [0.15, 0.2) is 48.4 Å². The standard InChI is InChI=1S/C24H35N7/c1-7-12-25-18(2)13-19(3)29(4)17-23-27-22-11-9-8-10-21(22)24(28-23)30(5)15-20-14-26-31(6)16-20/h8-11,13-14,16,18,25H,7,12,15,17H2,1-6H3/b19-13+. The Labute approximate surface area is 185 Å². The van der Waals surface area contributed by atoms with Crippen LogP contribution >= 0.6 is 0 Å². The zero-order chi connectivity index (χ0) is 22.4. The lowest BCUT2D eigenvalue weighted by Crippen LogP contribution is -2.27. The van der Waals surface area contributed by atoms with Crippen LogP contribution in [0.4, 0.5) is 5.82 Å². The van der Waals surface area contributed by atoms with Gasteiger partial charge >= 0.3 is 0 Å². The van der Waals surface area contributed by atoms with E-state index >= 15 is 0 Å². The third-order valence-electron chi connectivity index (χ3n) is 5.36. The molecule has 0 saturated heterocycles. The van der Waals surface area contributed by atoms with E-state index in [9.17, 15) is 0 Å². The highest BCUT2D eigenvalue weighted by Gasteiger charge is 2.14. The van der Waals surface area contributed by atoms with Crippen LogP contribution in [0.2, 0.25) is 0 Å². The van der Waals surface area contributed by atoms with E-state index in [1.165, 1.54) is 5.70 Å². The number of aromatic nitrogens is 4. The van der Waals surface area contributed by atoms with Crippen LogP contribution in [-0.2, 0) is 20.1 Å². The van der Waals surface area contributed by atoms with Gasteiger partial charge in [-0.05, 0) is 45.0 Å². The number of nitrogens with one attached hydrogen (secondary N) is 1. The lowest BCUT2D eigenvalue weighted by molar-refractivity contribution is 0.396. The number of benzene rings is 1. The van der Waals surface area contributed by atoms with Crippen LogP contribution < -0.4 is 10.2 Å². The maximum absolute atomic E-state index is 4.96. The van der Waals surface area contributed by atoms with Crippen molar-refractivity contribution in [2.24, 2.45) is 7.05 Å². The number of allylic oxidation sites excluding steroid dienone is 1. The highest BCUT2D eigenvalue weighted by atomic mass is 15.3. The smallest absolute Gasteiger partial charge is 0.150 e. The number of nitrogens with zero attached hydrogens (tertiary/aromatic N) is 6. The summed E-state index contributed by atoms with van der Waals surface area (Å²) in [5, 5.41) is 8.85. The average molecular weight is 422 g/mol. The third kappa shape index (κ3) is 6.04. The Morgan fingerprint density at radius 2 is 1.97 bits per heavy atom. The molecule has 0 aliphatic rings. The van der Waals surface area contributed by atoms with E-state index in [1.807, 2.05) is 36.3 Å². The van der Waals surface area contributed by atoms with Gasteiger partial charge in [-0.3, -0.25) is 4.68 Å². The van der Waals surface area contributed by atoms with Gasteiger partial charge in [-0.2, -0.15) is 5.10 Å². The Hall–Kier alpha value is -2.93. The van der Waals surface area contributed by atoms with Crippen LogP contribution in [-0.4, -0.2) is 51.3 Å². The highest BCUT2D eigenvalue weighted by molar-refractivity contribution is 5.89. The van der Waals surface area contributed by atoms with Crippen molar-refractivity contribution in [3.63, 3.8) is 0 Å². The first-order chi connectivity index (χ1) is 14.9. The van der Waals surface area contributed by atoms with E-state index in [4.69, 9.17) is 9.97 Å². The van der Waals surface area contributed by atoms with Gasteiger partial charge in [-0.15, -0.1) is 0 Å². The van der Waals surface area contributed by atoms with Gasteiger partial charge in [-0.25, -0.2) is 9.97 Å². The summed E-state index contributed by atoms with van der Waals surface area (Å²) >= 11 is 0. The summed E-state index contributed by atoms with van der Waals surface area (Å²) in [6, 6.07) is 8.54. The molecule has 0 fully saturated rings. The van der Waals surface area contributed by atoms with Crippen molar-refractivity contribution in [3.05, 3.63) is 59.8 Å². The number of aryl methyl sites for hydroxylation is 1. The molecule has 0 aliphatic heterocycles. The van der Waals surface area contributed by atoms with Crippen molar-refractivity contribution in [2.75, 3.05) is 25.5 Å². The Balaban J connectivity index is 1.83. The van der Waals surface area contributed by atoms with Crippen LogP contribution in [0, 0.1) is 0 Å². The Kier molecular flexibility index (Phi) is 7.63. The molecule has 0 spiro atoms. The summed E-state index contributed by atoms with van der Waals surface area (Å²) in [7, 11) is 6.10. The van der Waals surface area contributed by atoms with Gasteiger partial charge in [0.25, 0.3) is 0 Å². The zero-order valence-electron chi connectivity index (χ0n) is 19.6. The van der Waals surface area contributed by atoms with Crippen LogP contribution in [0.3, 0.4) is 0 Å². The second kappa shape index (κ2) is 10.4. The molecule has 0 amide bonds. The van der Waals surface area contributed by atoms with Gasteiger partial charge in [0.1, 0.15) is 5.82 Å². The molecule has 3 aromatic rings. The molecular formula is C24H35N7. The maximum Gasteiger partial charge on any atom is 0.150 e. The van der Waals surface area contributed by atoms with Crippen LogP contribution in [0.5, 0.6) is 0 Å². The summed E-state index contributed by atoms with van der Waals surface area (Å²) in [6.45, 7) is 8.92. The van der Waals surface area contributed by atoms with Crippen LogP contribution in [0.1, 0.15) is 38.6 Å². The number of hydrogen-bond donors (Lipinski definition) is 1. The summed E-state index contributed by atoms with van der Waals surface area (Å²) in [4.78, 5) is 14.2. The van der Waals surface area contributed by atoms with Gasteiger partial charge in [0.2, 0.25) is 0 Å².